The quantitative estimate of drug-likeness (QED) is 0.707. The monoisotopic (exact) mass is 375 g/mol. The Morgan fingerprint density at radius 3 is 2.68 bits per heavy atom. The van der Waals surface area contributed by atoms with Crippen molar-refractivity contribution in [2.45, 2.75) is 24.8 Å². The van der Waals surface area contributed by atoms with Crippen LogP contribution in [0.25, 0.3) is 0 Å². The van der Waals surface area contributed by atoms with Crippen molar-refractivity contribution in [1.29, 1.82) is 0 Å². The van der Waals surface area contributed by atoms with Gasteiger partial charge in [0.1, 0.15) is 11.7 Å². The van der Waals surface area contributed by atoms with Crippen LogP contribution in [0.5, 0.6) is 0 Å². The summed E-state index contributed by atoms with van der Waals surface area (Å²) in [5.41, 5.74) is 4.17. The largest absolute Gasteiger partial charge is 0.376 e. The molecular weight excluding hydrogens is 350 g/mol. The number of ketones is 1. The van der Waals surface area contributed by atoms with Crippen LogP contribution in [0.3, 0.4) is 0 Å². The molecule has 0 saturated heterocycles. The van der Waals surface area contributed by atoms with Crippen molar-refractivity contribution in [2.24, 2.45) is 0 Å². The van der Waals surface area contributed by atoms with Crippen molar-refractivity contribution in [3.05, 3.63) is 83.2 Å². The summed E-state index contributed by atoms with van der Waals surface area (Å²) in [6.45, 7) is 2.76. The van der Waals surface area contributed by atoms with Crippen LogP contribution in [-0.2, 0) is 10.2 Å². The Kier molecular flexibility index (Phi) is 4.77. The van der Waals surface area contributed by atoms with Gasteiger partial charge in [-0.1, -0.05) is 53.2 Å². The van der Waals surface area contributed by atoms with Crippen LogP contribution in [-0.4, -0.2) is 36.5 Å². The number of nitrogens with one attached hydrogen (secondary N) is 1. The molecule has 0 bridgehead atoms. The van der Waals surface area contributed by atoms with Gasteiger partial charge in [0.25, 0.3) is 0 Å². The summed E-state index contributed by atoms with van der Waals surface area (Å²) in [5, 5.41) is 7.49. The number of benzene rings is 2. The van der Waals surface area contributed by atoms with Gasteiger partial charge in [0.2, 0.25) is 0 Å². The third-order valence-electron chi connectivity index (χ3n) is 5.57. The third kappa shape index (κ3) is 2.92. The van der Waals surface area contributed by atoms with E-state index in [1.54, 1.807) is 12.5 Å². The highest BCUT2D eigenvalue weighted by Gasteiger charge is 2.54. The first-order valence-electron chi connectivity index (χ1n) is 9.54. The number of nitrogens with zero attached hydrogens (tertiary/aromatic N) is 2. The first-order chi connectivity index (χ1) is 13.5. The van der Waals surface area contributed by atoms with E-state index in [-0.39, 0.29) is 11.8 Å². The summed E-state index contributed by atoms with van der Waals surface area (Å²) in [7, 11) is 3.98. The van der Waals surface area contributed by atoms with Gasteiger partial charge >= 0.3 is 0 Å². The summed E-state index contributed by atoms with van der Waals surface area (Å²) >= 11 is 0. The van der Waals surface area contributed by atoms with Gasteiger partial charge in [-0.15, -0.1) is 0 Å². The molecule has 2 aromatic carbocycles. The Bertz CT molecular complexity index is 967. The molecule has 5 nitrogen and oxygen atoms in total. The van der Waals surface area contributed by atoms with Crippen molar-refractivity contribution >= 4 is 11.5 Å². The van der Waals surface area contributed by atoms with Gasteiger partial charge in [-0.05, 0) is 38.2 Å². The predicted molar refractivity (Wildman–Crippen MR) is 109 cm³/mol. The summed E-state index contributed by atoms with van der Waals surface area (Å²) < 4.78 is 5.15. The summed E-state index contributed by atoms with van der Waals surface area (Å²) in [6, 6.07) is 16.1. The maximum atomic E-state index is 13.9. The molecule has 1 aromatic heterocycles. The van der Waals surface area contributed by atoms with Crippen LogP contribution >= 0.6 is 0 Å². The first kappa shape index (κ1) is 18.4. The average molecular weight is 375 g/mol. The van der Waals surface area contributed by atoms with E-state index in [0.717, 1.165) is 27.9 Å². The van der Waals surface area contributed by atoms with E-state index in [9.17, 15) is 4.79 Å². The van der Waals surface area contributed by atoms with Crippen LogP contribution in [0, 0.1) is 6.92 Å². The molecule has 28 heavy (non-hydrogen) atoms. The molecule has 4 rings (SSSR count). The number of hydrogen-bond acceptors (Lipinski definition) is 5. The van der Waals surface area contributed by atoms with Crippen LogP contribution in [0.1, 0.15) is 34.7 Å². The lowest BCUT2D eigenvalue weighted by Gasteiger charge is -2.35. The van der Waals surface area contributed by atoms with E-state index in [2.05, 4.69) is 35.6 Å². The SMILES string of the molecule is Cc1ccc2c(c1)C(C(=O)CCN(C)C)(c1ccccc1)C(c1cnoc1)N2. The summed E-state index contributed by atoms with van der Waals surface area (Å²) in [6.07, 6.45) is 3.79. The molecule has 2 unspecified atom stereocenters. The Balaban J connectivity index is 1.97. The molecule has 0 spiro atoms. The molecule has 0 fully saturated rings. The van der Waals surface area contributed by atoms with Gasteiger partial charge < -0.3 is 14.7 Å². The fourth-order valence-corrected chi connectivity index (χ4v) is 4.24. The summed E-state index contributed by atoms with van der Waals surface area (Å²) in [5.74, 6) is 0.190. The van der Waals surface area contributed by atoms with Crippen molar-refractivity contribution in [3.63, 3.8) is 0 Å². The smallest absolute Gasteiger partial charge is 0.151 e. The molecule has 1 aliphatic rings. The Labute approximate surface area is 165 Å². The van der Waals surface area contributed by atoms with E-state index in [1.807, 2.05) is 49.3 Å². The van der Waals surface area contributed by atoms with Gasteiger partial charge in [0.05, 0.1) is 12.2 Å². The second kappa shape index (κ2) is 7.24. The van der Waals surface area contributed by atoms with E-state index in [1.165, 1.54) is 0 Å². The zero-order valence-electron chi connectivity index (χ0n) is 16.5. The fraction of sp³-hybridized carbons (Fsp3) is 0.304. The van der Waals surface area contributed by atoms with Crippen molar-refractivity contribution in [3.8, 4) is 0 Å². The van der Waals surface area contributed by atoms with Crippen LogP contribution in [0.15, 0.2) is 65.5 Å². The zero-order chi connectivity index (χ0) is 19.7. The topological polar surface area (TPSA) is 58.4 Å². The van der Waals surface area contributed by atoms with Crippen LogP contribution in [0.2, 0.25) is 0 Å². The second-order valence-electron chi connectivity index (χ2n) is 7.73. The predicted octanol–water partition coefficient (Wildman–Crippen LogP) is 3.96. The van der Waals surface area contributed by atoms with Gasteiger partial charge in [-0.3, -0.25) is 4.79 Å². The molecule has 0 radical (unpaired) electrons. The highest BCUT2D eigenvalue weighted by Crippen LogP contribution is 2.54. The fourth-order valence-electron chi connectivity index (χ4n) is 4.24. The average Bonchev–Trinajstić information content (AvgIpc) is 3.33. The van der Waals surface area contributed by atoms with Gasteiger partial charge in [-0.25, -0.2) is 0 Å². The minimum Gasteiger partial charge on any atom is -0.376 e. The Morgan fingerprint density at radius 1 is 1.21 bits per heavy atom. The van der Waals surface area contributed by atoms with E-state index in [0.29, 0.717) is 13.0 Å². The number of aryl methyl sites for hydroxylation is 1. The highest BCUT2D eigenvalue weighted by molar-refractivity contribution is 5.99. The number of fused-ring (bicyclic) bond motifs is 1. The van der Waals surface area contributed by atoms with Crippen LogP contribution < -0.4 is 5.32 Å². The standard InChI is InChI=1S/C23H25N3O2/c1-16-9-10-20-19(13-16)23(18-7-5-4-6-8-18,21(27)11-12-26(2)3)22(25-20)17-14-24-28-15-17/h4-10,13-15,22,25H,11-12H2,1-3H3. The van der Waals surface area contributed by atoms with Gasteiger partial charge in [-0.2, -0.15) is 0 Å². The number of Topliss-reactive ketones (excluding diaryl/α,β-unsaturated/α-hetero) is 1. The molecule has 0 saturated carbocycles. The van der Waals surface area contributed by atoms with Crippen molar-refractivity contribution in [1.82, 2.24) is 10.1 Å². The lowest BCUT2D eigenvalue weighted by molar-refractivity contribution is -0.123. The van der Waals surface area contributed by atoms with Crippen molar-refractivity contribution < 1.29 is 9.32 Å². The number of hydrogen-bond donors (Lipinski definition) is 1. The minimum atomic E-state index is -0.829. The molecule has 144 valence electrons. The summed E-state index contributed by atoms with van der Waals surface area (Å²) in [4.78, 5) is 16.0. The number of aromatic nitrogens is 1. The Hall–Kier alpha value is -2.92. The maximum Gasteiger partial charge on any atom is 0.151 e. The normalized spacial score (nSPS) is 20.8. The molecule has 2 atom stereocenters. The number of rotatable bonds is 6. The molecule has 0 amide bonds. The Morgan fingerprint density at radius 2 is 2.00 bits per heavy atom. The molecule has 0 aliphatic carbocycles. The molecule has 1 N–H and O–H groups in total. The molecule has 1 aliphatic heterocycles. The number of carbonyl (C=O) groups excluding carboxylic acids is 1. The lowest BCUT2D eigenvalue weighted by atomic mass is 9.66. The molecule has 5 heteroatoms. The van der Waals surface area contributed by atoms with Gasteiger partial charge in [0, 0.05) is 24.2 Å². The molecular formula is C23H25N3O2. The van der Waals surface area contributed by atoms with E-state index in [4.69, 9.17) is 4.52 Å². The maximum absolute atomic E-state index is 13.9. The molecule has 2 heterocycles. The lowest BCUT2D eigenvalue weighted by Crippen LogP contribution is -2.42. The van der Waals surface area contributed by atoms with Crippen LogP contribution in [0.4, 0.5) is 5.69 Å². The first-order valence-corrected chi connectivity index (χ1v) is 9.54. The molecule has 3 aromatic rings. The minimum absolute atomic E-state index is 0.190. The highest BCUT2D eigenvalue weighted by atomic mass is 16.5. The van der Waals surface area contributed by atoms with E-state index >= 15 is 0 Å². The van der Waals surface area contributed by atoms with Gasteiger partial charge in [0.15, 0.2) is 5.78 Å². The van der Waals surface area contributed by atoms with E-state index < -0.39 is 5.41 Å². The van der Waals surface area contributed by atoms with Crippen molar-refractivity contribution in [2.75, 3.05) is 26.0 Å². The second-order valence-corrected chi connectivity index (χ2v) is 7.73. The number of carbonyl (C=O) groups is 1. The third-order valence-corrected chi connectivity index (χ3v) is 5.57. The number of anilines is 1. The zero-order valence-corrected chi connectivity index (χ0v) is 16.5.